The molecule has 0 bridgehead atoms. The minimum Gasteiger partial charge on any atom is -0.343 e. The second-order valence-electron chi connectivity index (χ2n) is 8.74. The third kappa shape index (κ3) is 4.24. The molecule has 1 unspecified atom stereocenters. The summed E-state index contributed by atoms with van der Waals surface area (Å²) in [7, 11) is 0. The zero-order chi connectivity index (χ0) is 26.5. The molecule has 1 amide bonds. The fourth-order valence-electron chi connectivity index (χ4n) is 4.33. The van der Waals surface area contributed by atoms with Gasteiger partial charge in [0.2, 0.25) is 5.91 Å². The average Bonchev–Trinajstić information content (AvgIpc) is 3.39. The zero-order valence-corrected chi connectivity index (χ0v) is 20.1. The van der Waals surface area contributed by atoms with Gasteiger partial charge in [-0.15, -0.1) is 0 Å². The predicted octanol–water partition coefficient (Wildman–Crippen LogP) is 3.58. The molecule has 0 spiro atoms. The molecule has 0 aliphatic carbocycles. The van der Waals surface area contributed by atoms with E-state index in [1.165, 1.54) is 9.13 Å². The molecule has 4 heterocycles. The SMILES string of the molecule is Cc1nc(-c2cnn3ccncc23)ccc1-n1c(=O)n(CC(=O)NC(C)C(F)(F)F)c2cccc(C)c21. The van der Waals surface area contributed by atoms with E-state index in [1.54, 1.807) is 60.5 Å². The number of aromatic nitrogens is 6. The molecule has 12 heteroatoms. The van der Waals surface area contributed by atoms with Crippen molar-refractivity contribution in [1.29, 1.82) is 0 Å². The second kappa shape index (κ2) is 8.87. The summed E-state index contributed by atoms with van der Waals surface area (Å²) in [6, 6.07) is 6.67. The third-order valence-electron chi connectivity index (χ3n) is 6.22. The Kier molecular flexibility index (Phi) is 5.81. The highest BCUT2D eigenvalue weighted by molar-refractivity contribution is 5.85. The maximum Gasteiger partial charge on any atom is 0.408 e. The molecule has 9 nitrogen and oxygen atoms in total. The molecule has 4 aromatic heterocycles. The molecule has 190 valence electrons. The van der Waals surface area contributed by atoms with Crippen molar-refractivity contribution in [2.45, 2.75) is 39.5 Å². The number of amides is 1. The minimum absolute atomic E-state index is 0.428. The maximum atomic E-state index is 13.6. The van der Waals surface area contributed by atoms with Gasteiger partial charge in [0.05, 0.1) is 46.0 Å². The number of fused-ring (bicyclic) bond motifs is 2. The molecule has 0 saturated heterocycles. The van der Waals surface area contributed by atoms with Gasteiger partial charge in [-0.05, 0) is 44.5 Å². The van der Waals surface area contributed by atoms with Crippen molar-refractivity contribution in [1.82, 2.24) is 34.0 Å². The zero-order valence-electron chi connectivity index (χ0n) is 20.1. The van der Waals surface area contributed by atoms with Crippen LogP contribution in [0.3, 0.4) is 0 Å². The van der Waals surface area contributed by atoms with E-state index >= 15 is 0 Å². The number of nitrogens with zero attached hydrogens (tertiary/aromatic N) is 6. The number of hydrogen-bond acceptors (Lipinski definition) is 5. The lowest BCUT2D eigenvalue weighted by atomic mass is 10.1. The van der Waals surface area contributed by atoms with Gasteiger partial charge in [-0.1, -0.05) is 12.1 Å². The summed E-state index contributed by atoms with van der Waals surface area (Å²) in [5.74, 6) is -0.917. The van der Waals surface area contributed by atoms with Gasteiger partial charge in [0.25, 0.3) is 0 Å². The molecular weight excluding hydrogens is 487 g/mol. The van der Waals surface area contributed by atoms with E-state index in [2.05, 4.69) is 10.1 Å². The minimum atomic E-state index is -4.59. The molecule has 5 rings (SSSR count). The monoisotopic (exact) mass is 509 g/mol. The third-order valence-corrected chi connectivity index (χ3v) is 6.22. The highest BCUT2D eigenvalue weighted by Crippen LogP contribution is 2.27. The molecule has 0 saturated carbocycles. The van der Waals surface area contributed by atoms with Crippen LogP contribution in [0.25, 0.3) is 33.5 Å². The van der Waals surface area contributed by atoms with E-state index in [-0.39, 0.29) is 0 Å². The summed E-state index contributed by atoms with van der Waals surface area (Å²) >= 11 is 0. The van der Waals surface area contributed by atoms with Gasteiger partial charge in [0, 0.05) is 18.0 Å². The van der Waals surface area contributed by atoms with Crippen LogP contribution in [-0.2, 0) is 11.3 Å². The molecule has 37 heavy (non-hydrogen) atoms. The van der Waals surface area contributed by atoms with Gasteiger partial charge < -0.3 is 5.32 Å². The molecule has 0 fully saturated rings. The Labute approximate surface area is 208 Å². The number of carbonyl (C=O) groups is 1. The average molecular weight is 509 g/mol. The van der Waals surface area contributed by atoms with Crippen LogP contribution in [0.15, 0.2) is 59.9 Å². The van der Waals surface area contributed by atoms with Crippen molar-refractivity contribution >= 4 is 22.5 Å². The van der Waals surface area contributed by atoms with E-state index < -0.39 is 30.4 Å². The van der Waals surface area contributed by atoms with Crippen molar-refractivity contribution in [3.63, 3.8) is 0 Å². The first-order valence-electron chi connectivity index (χ1n) is 11.4. The number of para-hydroxylation sites is 1. The van der Waals surface area contributed by atoms with Gasteiger partial charge in [-0.25, -0.2) is 9.31 Å². The number of aryl methyl sites for hydroxylation is 2. The number of alkyl halides is 3. The smallest absolute Gasteiger partial charge is 0.343 e. The van der Waals surface area contributed by atoms with Gasteiger partial charge in [0.1, 0.15) is 12.6 Å². The molecule has 5 aromatic rings. The number of rotatable bonds is 5. The fourth-order valence-corrected chi connectivity index (χ4v) is 4.33. The molecule has 0 radical (unpaired) electrons. The summed E-state index contributed by atoms with van der Waals surface area (Å²) in [5, 5.41) is 6.22. The van der Waals surface area contributed by atoms with Crippen molar-refractivity contribution in [3.05, 3.63) is 76.9 Å². The number of pyridine rings is 1. The lowest BCUT2D eigenvalue weighted by Crippen LogP contribution is -2.45. The van der Waals surface area contributed by atoms with Gasteiger partial charge in [-0.3, -0.25) is 23.9 Å². The number of imidazole rings is 1. The Morgan fingerprint density at radius 1 is 1.11 bits per heavy atom. The Balaban J connectivity index is 1.59. The summed E-state index contributed by atoms with van der Waals surface area (Å²) in [5.41, 5.74) is 4.38. The predicted molar refractivity (Wildman–Crippen MR) is 130 cm³/mol. The molecule has 0 aliphatic heterocycles. The molecule has 1 N–H and O–H groups in total. The second-order valence-corrected chi connectivity index (χ2v) is 8.74. The van der Waals surface area contributed by atoms with Crippen molar-refractivity contribution in [3.8, 4) is 16.9 Å². The summed E-state index contributed by atoms with van der Waals surface area (Å²) in [6.07, 6.45) is 2.12. The molecular formula is C25H22F3N7O2. The highest BCUT2D eigenvalue weighted by Gasteiger charge is 2.37. The van der Waals surface area contributed by atoms with Gasteiger partial charge in [-0.2, -0.15) is 18.3 Å². The van der Waals surface area contributed by atoms with E-state index in [0.29, 0.717) is 28.1 Å². The van der Waals surface area contributed by atoms with E-state index in [4.69, 9.17) is 4.98 Å². The number of benzene rings is 1. The number of carbonyl (C=O) groups excluding carboxylic acids is 1. The van der Waals surface area contributed by atoms with Crippen LogP contribution < -0.4 is 11.0 Å². The van der Waals surface area contributed by atoms with Crippen molar-refractivity contribution in [2.75, 3.05) is 0 Å². The summed E-state index contributed by atoms with van der Waals surface area (Å²) < 4.78 is 43.1. The first-order valence-corrected chi connectivity index (χ1v) is 11.4. The Hall–Kier alpha value is -4.48. The Bertz CT molecular complexity index is 1720. The van der Waals surface area contributed by atoms with Crippen LogP contribution in [0.5, 0.6) is 0 Å². The van der Waals surface area contributed by atoms with Crippen LogP contribution >= 0.6 is 0 Å². The largest absolute Gasteiger partial charge is 0.408 e. The van der Waals surface area contributed by atoms with Crippen LogP contribution in [0.4, 0.5) is 13.2 Å². The van der Waals surface area contributed by atoms with E-state index in [1.807, 2.05) is 18.3 Å². The standard InChI is InChI=1S/C25H22F3N7O2/c1-14-5-4-6-20-23(14)35(24(37)33(20)13-22(36)32-16(3)25(26,27)28)19-8-7-18(31-15(19)2)17-11-30-34-10-9-29-12-21(17)34/h4-12,16H,13H2,1-3H3,(H,32,36). The first-order chi connectivity index (χ1) is 17.6. The van der Waals surface area contributed by atoms with Crippen LogP contribution in [0.1, 0.15) is 18.2 Å². The van der Waals surface area contributed by atoms with Crippen LogP contribution in [0, 0.1) is 13.8 Å². The van der Waals surface area contributed by atoms with Crippen LogP contribution in [-0.4, -0.2) is 46.8 Å². The fraction of sp³-hybridized carbons (Fsp3) is 0.240. The lowest BCUT2D eigenvalue weighted by Gasteiger charge is -2.17. The Morgan fingerprint density at radius 3 is 2.62 bits per heavy atom. The summed E-state index contributed by atoms with van der Waals surface area (Å²) in [4.78, 5) is 34.9. The summed E-state index contributed by atoms with van der Waals surface area (Å²) in [6.45, 7) is 3.86. The number of hydrogen-bond donors (Lipinski definition) is 1. The molecule has 1 aromatic carbocycles. The van der Waals surface area contributed by atoms with Crippen molar-refractivity contribution < 1.29 is 18.0 Å². The van der Waals surface area contributed by atoms with Gasteiger partial charge in [0.15, 0.2) is 0 Å². The number of halogens is 3. The quantitative estimate of drug-likeness (QED) is 0.391. The van der Waals surface area contributed by atoms with E-state index in [9.17, 15) is 22.8 Å². The first kappa shape index (κ1) is 24.2. The lowest BCUT2D eigenvalue weighted by molar-refractivity contribution is -0.158. The Morgan fingerprint density at radius 2 is 1.89 bits per heavy atom. The highest BCUT2D eigenvalue weighted by atomic mass is 19.4. The maximum absolute atomic E-state index is 13.6. The van der Waals surface area contributed by atoms with E-state index in [0.717, 1.165) is 23.6 Å². The topological polar surface area (TPSA) is 99.1 Å². The van der Waals surface area contributed by atoms with Gasteiger partial charge >= 0.3 is 11.9 Å². The van der Waals surface area contributed by atoms with Crippen molar-refractivity contribution in [2.24, 2.45) is 0 Å². The molecule has 1 atom stereocenters. The molecule has 0 aliphatic rings. The number of nitrogens with one attached hydrogen (secondary N) is 1. The normalized spacial score (nSPS) is 12.8. The van der Waals surface area contributed by atoms with Crippen LogP contribution in [0.2, 0.25) is 0 Å².